The van der Waals surface area contributed by atoms with Gasteiger partial charge in [0.2, 0.25) is 0 Å². The lowest BCUT2D eigenvalue weighted by Gasteiger charge is -2.32. The van der Waals surface area contributed by atoms with Crippen molar-refractivity contribution < 1.29 is 18.5 Å². The third-order valence-corrected chi connectivity index (χ3v) is 4.62. The van der Waals surface area contributed by atoms with Gasteiger partial charge in [0.25, 0.3) is 0 Å². The number of fused-ring (bicyclic) bond motifs is 1. The number of hydrogen-bond donors (Lipinski definition) is 0. The SMILES string of the molecule is CC1(C)OB(c2cc(F)cc3c2C(=O)CC3)OC1(C)C. The van der Waals surface area contributed by atoms with E-state index in [2.05, 4.69) is 0 Å². The van der Waals surface area contributed by atoms with Crippen LogP contribution >= 0.6 is 0 Å². The van der Waals surface area contributed by atoms with Crippen molar-refractivity contribution in [2.75, 3.05) is 0 Å². The summed E-state index contributed by atoms with van der Waals surface area (Å²) in [6.45, 7) is 7.76. The molecule has 1 aromatic rings. The fraction of sp³-hybridized carbons (Fsp3) is 0.533. The summed E-state index contributed by atoms with van der Waals surface area (Å²) in [6.07, 6.45) is 1.03. The lowest BCUT2D eigenvalue weighted by atomic mass is 9.74. The van der Waals surface area contributed by atoms with Crippen molar-refractivity contribution in [2.24, 2.45) is 0 Å². The molecular weight excluding hydrogens is 258 g/mol. The largest absolute Gasteiger partial charge is 0.495 e. The van der Waals surface area contributed by atoms with E-state index in [1.165, 1.54) is 12.1 Å². The van der Waals surface area contributed by atoms with E-state index in [-0.39, 0.29) is 11.6 Å². The van der Waals surface area contributed by atoms with Crippen LogP contribution in [0.1, 0.15) is 50.0 Å². The molecule has 0 amide bonds. The van der Waals surface area contributed by atoms with Gasteiger partial charge in [-0.1, -0.05) is 0 Å². The van der Waals surface area contributed by atoms with Crippen LogP contribution in [0, 0.1) is 5.82 Å². The summed E-state index contributed by atoms with van der Waals surface area (Å²) < 4.78 is 25.6. The van der Waals surface area contributed by atoms with Crippen LogP contribution < -0.4 is 5.46 Å². The molecular formula is C15H18BFO3. The highest BCUT2D eigenvalue weighted by Gasteiger charge is 2.53. The normalized spacial score (nSPS) is 23.2. The Bertz CT molecular complexity index is 579. The number of hydrogen-bond acceptors (Lipinski definition) is 3. The summed E-state index contributed by atoms with van der Waals surface area (Å²) in [5.74, 6) is -0.298. The zero-order valence-corrected chi connectivity index (χ0v) is 12.2. The summed E-state index contributed by atoms with van der Waals surface area (Å²) in [5.41, 5.74) is 0.877. The maximum Gasteiger partial charge on any atom is 0.495 e. The quantitative estimate of drug-likeness (QED) is 0.738. The molecule has 1 aliphatic carbocycles. The van der Waals surface area contributed by atoms with Crippen LogP contribution in [0.25, 0.3) is 0 Å². The van der Waals surface area contributed by atoms with Crippen LogP contribution in [0.2, 0.25) is 0 Å². The molecule has 5 heteroatoms. The summed E-state index contributed by atoms with van der Waals surface area (Å²) >= 11 is 0. The van der Waals surface area contributed by atoms with E-state index in [0.717, 1.165) is 5.56 Å². The first-order chi connectivity index (χ1) is 9.21. The van der Waals surface area contributed by atoms with Gasteiger partial charge in [-0.15, -0.1) is 0 Å². The highest BCUT2D eigenvalue weighted by atomic mass is 19.1. The average molecular weight is 276 g/mol. The molecule has 0 spiro atoms. The fourth-order valence-electron chi connectivity index (χ4n) is 2.75. The minimum absolute atomic E-state index is 0.0460. The van der Waals surface area contributed by atoms with E-state index in [1.54, 1.807) is 0 Å². The number of rotatable bonds is 1. The number of Topliss-reactive ketones (excluding diaryl/α,β-unsaturated/α-hetero) is 1. The molecule has 2 aliphatic rings. The van der Waals surface area contributed by atoms with Gasteiger partial charge < -0.3 is 9.31 Å². The summed E-state index contributed by atoms with van der Waals surface area (Å²) in [7, 11) is -0.688. The van der Waals surface area contributed by atoms with Crippen LogP contribution in [0.4, 0.5) is 4.39 Å². The third-order valence-electron chi connectivity index (χ3n) is 4.62. The Balaban J connectivity index is 2.07. The average Bonchev–Trinajstić information content (AvgIpc) is 2.77. The van der Waals surface area contributed by atoms with Gasteiger partial charge >= 0.3 is 7.12 Å². The fourth-order valence-corrected chi connectivity index (χ4v) is 2.75. The molecule has 0 radical (unpaired) electrons. The molecule has 3 nitrogen and oxygen atoms in total. The van der Waals surface area contributed by atoms with Gasteiger partial charge in [0, 0.05) is 12.0 Å². The molecule has 1 heterocycles. The van der Waals surface area contributed by atoms with Crippen molar-refractivity contribution in [1.82, 2.24) is 0 Å². The van der Waals surface area contributed by atoms with Gasteiger partial charge in [-0.25, -0.2) is 4.39 Å². The van der Waals surface area contributed by atoms with E-state index in [1.807, 2.05) is 27.7 Å². The lowest BCUT2D eigenvalue weighted by molar-refractivity contribution is 0.00578. The standard InChI is InChI=1S/C15H18BFO3/c1-14(2)15(3,4)20-16(19-14)11-8-10(17)7-9-5-6-12(18)13(9)11/h7-8H,5-6H2,1-4H3. The number of ketones is 1. The Morgan fingerprint density at radius 2 is 1.70 bits per heavy atom. The van der Waals surface area contributed by atoms with E-state index < -0.39 is 18.3 Å². The second-order valence-corrected chi connectivity index (χ2v) is 6.54. The second-order valence-electron chi connectivity index (χ2n) is 6.54. The van der Waals surface area contributed by atoms with Crippen LogP contribution in [-0.2, 0) is 15.7 Å². The van der Waals surface area contributed by atoms with Crippen molar-refractivity contribution >= 4 is 18.4 Å². The predicted molar refractivity (Wildman–Crippen MR) is 74.8 cm³/mol. The molecule has 106 valence electrons. The maximum absolute atomic E-state index is 13.8. The molecule has 0 aromatic heterocycles. The molecule has 0 saturated carbocycles. The van der Waals surface area contributed by atoms with E-state index in [4.69, 9.17) is 9.31 Å². The van der Waals surface area contributed by atoms with Gasteiger partial charge in [0.15, 0.2) is 5.78 Å². The number of carbonyl (C=O) groups is 1. The first kappa shape index (κ1) is 13.8. The Morgan fingerprint density at radius 1 is 1.10 bits per heavy atom. The minimum Gasteiger partial charge on any atom is -0.399 e. The number of carbonyl (C=O) groups excluding carboxylic acids is 1. The van der Waals surface area contributed by atoms with Gasteiger partial charge in [-0.3, -0.25) is 4.79 Å². The van der Waals surface area contributed by atoms with Crippen molar-refractivity contribution in [3.8, 4) is 0 Å². The number of aryl methyl sites for hydroxylation is 1. The molecule has 0 bridgehead atoms. The molecule has 0 unspecified atom stereocenters. The first-order valence-corrected chi connectivity index (χ1v) is 6.92. The van der Waals surface area contributed by atoms with Gasteiger partial charge in [-0.05, 0) is 57.3 Å². The Kier molecular flexibility index (Phi) is 2.86. The molecule has 0 atom stereocenters. The Morgan fingerprint density at radius 3 is 2.30 bits per heavy atom. The highest BCUT2D eigenvalue weighted by molar-refractivity contribution is 6.64. The zero-order valence-electron chi connectivity index (χ0n) is 12.2. The van der Waals surface area contributed by atoms with E-state index >= 15 is 0 Å². The molecule has 0 N–H and O–H groups in total. The van der Waals surface area contributed by atoms with Crippen LogP contribution in [0.3, 0.4) is 0 Å². The highest BCUT2D eigenvalue weighted by Crippen LogP contribution is 2.37. The Hall–Kier alpha value is -1.20. The third kappa shape index (κ3) is 1.92. The molecule has 20 heavy (non-hydrogen) atoms. The van der Waals surface area contributed by atoms with Crippen molar-refractivity contribution in [3.63, 3.8) is 0 Å². The lowest BCUT2D eigenvalue weighted by Crippen LogP contribution is -2.41. The minimum atomic E-state index is -0.688. The predicted octanol–water partition coefficient (Wildman–Crippen LogP) is 2.25. The van der Waals surface area contributed by atoms with Crippen molar-refractivity contribution in [2.45, 2.75) is 51.7 Å². The van der Waals surface area contributed by atoms with E-state index in [0.29, 0.717) is 23.9 Å². The smallest absolute Gasteiger partial charge is 0.399 e. The van der Waals surface area contributed by atoms with Crippen LogP contribution in [-0.4, -0.2) is 24.1 Å². The second kappa shape index (κ2) is 4.15. The summed E-state index contributed by atoms with van der Waals surface area (Å²) in [6, 6.07) is 2.80. The van der Waals surface area contributed by atoms with Gasteiger partial charge in [0.1, 0.15) is 5.82 Å². The zero-order chi connectivity index (χ0) is 14.7. The first-order valence-electron chi connectivity index (χ1n) is 6.92. The summed E-state index contributed by atoms with van der Waals surface area (Å²) in [5, 5.41) is 0. The van der Waals surface area contributed by atoms with E-state index in [9.17, 15) is 9.18 Å². The molecule has 1 aliphatic heterocycles. The van der Waals surface area contributed by atoms with Crippen molar-refractivity contribution in [1.29, 1.82) is 0 Å². The maximum atomic E-state index is 13.8. The molecule has 1 saturated heterocycles. The Labute approximate surface area is 118 Å². The van der Waals surface area contributed by atoms with Gasteiger partial charge in [-0.2, -0.15) is 0 Å². The van der Waals surface area contributed by atoms with Crippen molar-refractivity contribution in [3.05, 3.63) is 29.1 Å². The summed E-state index contributed by atoms with van der Waals surface area (Å²) in [4.78, 5) is 12.0. The molecule has 3 rings (SSSR count). The number of halogens is 1. The monoisotopic (exact) mass is 276 g/mol. The topological polar surface area (TPSA) is 35.5 Å². The van der Waals surface area contributed by atoms with Gasteiger partial charge in [0.05, 0.1) is 11.2 Å². The number of benzene rings is 1. The van der Waals surface area contributed by atoms with Crippen LogP contribution in [0.15, 0.2) is 12.1 Å². The van der Waals surface area contributed by atoms with Crippen LogP contribution in [0.5, 0.6) is 0 Å². The molecule has 1 fully saturated rings. The molecule has 1 aromatic carbocycles.